The number of carbonyl (C=O) groups is 3. The van der Waals surface area contributed by atoms with Gasteiger partial charge in [0.2, 0.25) is 0 Å². The molecule has 0 fully saturated rings. The number of carbonyl (C=O) groups excluding carboxylic acids is 1. The Kier molecular flexibility index (Phi) is 4.56. The van der Waals surface area contributed by atoms with Crippen LogP contribution in [-0.4, -0.2) is 33.0 Å². The Morgan fingerprint density at radius 1 is 0.870 bits per heavy atom. The molecule has 0 unspecified atom stereocenters. The fourth-order valence-corrected chi connectivity index (χ4v) is 2.02. The van der Waals surface area contributed by atoms with Crippen LogP contribution in [-0.2, 0) is 9.59 Å². The molecule has 2 aromatic rings. The van der Waals surface area contributed by atoms with Gasteiger partial charge in [0.1, 0.15) is 5.76 Å². The van der Waals surface area contributed by atoms with Crippen molar-refractivity contribution in [2.75, 3.05) is 0 Å². The lowest BCUT2D eigenvalue weighted by atomic mass is 9.97. The van der Waals surface area contributed by atoms with Crippen LogP contribution in [0.5, 0.6) is 0 Å². The smallest absolute Gasteiger partial charge is 0.376 e. The quantitative estimate of drug-likeness (QED) is 0.444. The summed E-state index contributed by atoms with van der Waals surface area (Å²) >= 11 is 0. The number of hydrogen-bond acceptors (Lipinski definition) is 4. The molecule has 0 aliphatic rings. The molecule has 6 nitrogen and oxygen atoms in total. The number of benzene rings is 2. The number of aromatic carboxylic acids is 1. The van der Waals surface area contributed by atoms with E-state index in [2.05, 4.69) is 0 Å². The Balaban J connectivity index is 2.51. The fraction of sp³-hybridized carbons (Fsp3) is 0. The first-order chi connectivity index (χ1) is 10.9. The van der Waals surface area contributed by atoms with Gasteiger partial charge in [-0.25, -0.2) is 9.59 Å². The van der Waals surface area contributed by atoms with Crippen molar-refractivity contribution in [3.63, 3.8) is 0 Å². The third kappa shape index (κ3) is 3.62. The van der Waals surface area contributed by atoms with Crippen molar-refractivity contribution >= 4 is 23.5 Å². The van der Waals surface area contributed by atoms with Crippen molar-refractivity contribution in [1.29, 1.82) is 0 Å². The van der Waals surface area contributed by atoms with Gasteiger partial charge in [0.15, 0.2) is 0 Å². The lowest BCUT2D eigenvalue weighted by Crippen LogP contribution is -2.09. The van der Waals surface area contributed by atoms with E-state index in [-0.39, 0.29) is 11.1 Å². The fourth-order valence-electron chi connectivity index (χ4n) is 2.02. The summed E-state index contributed by atoms with van der Waals surface area (Å²) in [5.74, 6) is -4.83. The molecule has 0 heterocycles. The SMILES string of the molecule is O=C(O)C(=O)/C=C(\O)c1ccc(-c2ccccc2)c(C(=O)O)c1. The maximum Gasteiger partial charge on any atom is 0.376 e. The third-order valence-corrected chi connectivity index (χ3v) is 3.11. The molecule has 0 aromatic heterocycles. The topological polar surface area (TPSA) is 112 Å². The highest BCUT2D eigenvalue weighted by Gasteiger charge is 2.15. The van der Waals surface area contributed by atoms with E-state index in [9.17, 15) is 24.6 Å². The van der Waals surface area contributed by atoms with Crippen molar-refractivity contribution in [1.82, 2.24) is 0 Å². The summed E-state index contributed by atoms with van der Waals surface area (Å²) in [6.07, 6.45) is 0.533. The molecule has 6 heteroatoms. The highest BCUT2D eigenvalue weighted by atomic mass is 16.4. The highest BCUT2D eigenvalue weighted by Crippen LogP contribution is 2.26. The van der Waals surface area contributed by atoms with Crippen molar-refractivity contribution in [2.45, 2.75) is 0 Å². The number of aliphatic carboxylic acids is 1. The molecule has 0 amide bonds. The number of rotatable bonds is 5. The van der Waals surface area contributed by atoms with E-state index in [1.165, 1.54) is 18.2 Å². The summed E-state index contributed by atoms with van der Waals surface area (Å²) < 4.78 is 0. The molecular formula is C17H12O6. The summed E-state index contributed by atoms with van der Waals surface area (Å²) in [7, 11) is 0. The van der Waals surface area contributed by atoms with Crippen LogP contribution in [0.4, 0.5) is 0 Å². The molecule has 0 radical (unpaired) electrons. The minimum Gasteiger partial charge on any atom is -0.507 e. The molecule has 0 saturated heterocycles. The zero-order valence-corrected chi connectivity index (χ0v) is 11.8. The molecule has 116 valence electrons. The summed E-state index contributed by atoms with van der Waals surface area (Å²) in [5, 5.41) is 27.6. The molecule has 0 spiro atoms. The van der Waals surface area contributed by atoms with Crippen molar-refractivity contribution < 1.29 is 29.7 Å². The second-order valence-electron chi connectivity index (χ2n) is 4.63. The molecule has 23 heavy (non-hydrogen) atoms. The molecule has 0 aliphatic heterocycles. The van der Waals surface area contributed by atoms with Gasteiger partial charge >= 0.3 is 11.9 Å². The Hall–Kier alpha value is -3.41. The molecule has 0 aliphatic carbocycles. The van der Waals surface area contributed by atoms with E-state index in [1.54, 1.807) is 30.3 Å². The van der Waals surface area contributed by atoms with E-state index in [4.69, 9.17) is 5.11 Å². The van der Waals surface area contributed by atoms with E-state index < -0.39 is 23.5 Å². The average Bonchev–Trinajstić information content (AvgIpc) is 2.54. The number of carboxylic acids is 2. The van der Waals surface area contributed by atoms with Crippen LogP contribution in [0.1, 0.15) is 15.9 Å². The monoisotopic (exact) mass is 312 g/mol. The largest absolute Gasteiger partial charge is 0.507 e. The van der Waals surface area contributed by atoms with Gasteiger partial charge in [0.05, 0.1) is 5.56 Å². The zero-order valence-electron chi connectivity index (χ0n) is 11.8. The first-order valence-corrected chi connectivity index (χ1v) is 6.51. The van der Waals surface area contributed by atoms with Crippen molar-refractivity contribution in [2.24, 2.45) is 0 Å². The van der Waals surface area contributed by atoms with Gasteiger partial charge in [-0.3, -0.25) is 4.79 Å². The van der Waals surface area contributed by atoms with E-state index in [1.807, 2.05) is 0 Å². The predicted octanol–water partition coefficient (Wildman–Crippen LogP) is 2.60. The number of ketones is 1. The lowest BCUT2D eigenvalue weighted by molar-refractivity contribution is -0.146. The van der Waals surface area contributed by atoms with E-state index >= 15 is 0 Å². The van der Waals surface area contributed by atoms with Crippen LogP contribution in [0.2, 0.25) is 0 Å². The van der Waals surface area contributed by atoms with E-state index in [0.717, 1.165) is 0 Å². The van der Waals surface area contributed by atoms with Crippen LogP contribution in [0.25, 0.3) is 16.9 Å². The molecule has 0 atom stereocenters. The van der Waals surface area contributed by atoms with Gasteiger partial charge in [-0.2, -0.15) is 0 Å². The number of carboxylic acid groups (broad SMARTS) is 2. The summed E-state index contributed by atoms with van der Waals surface area (Å²) in [6, 6.07) is 12.9. The molecule has 0 saturated carbocycles. The summed E-state index contributed by atoms with van der Waals surface area (Å²) in [5.41, 5.74) is 1.09. The lowest BCUT2D eigenvalue weighted by Gasteiger charge is -2.09. The minimum atomic E-state index is -1.71. The number of aliphatic hydroxyl groups excluding tert-OH is 1. The van der Waals surface area contributed by atoms with Gasteiger partial charge in [-0.15, -0.1) is 0 Å². The second-order valence-corrected chi connectivity index (χ2v) is 4.63. The Labute approximate surface area is 130 Å². The third-order valence-electron chi connectivity index (χ3n) is 3.11. The summed E-state index contributed by atoms with van der Waals surface area (Å²) in [4.78, 5) is 33.0. The van der Waals surface area contributed by atoms with Crippen LogP contribution >= 0.6 is 0 Å². The van der Waals surface area contributed by atoms with Crippen LogP contribution in [0.15, 0.2) is 54.6 Å². The Morgan fingerprint density at radius 2 is 1.52 bits per heavy atom. The van der Waals surface area contributed by atoms with Gasteiger partial charge < -0.3 is 15.3 Å². The van der Waals surface area contributed by atoms with Crippen LogP contribution in [0, 0.1) is 0 Å². The van der Waals surface area contributed by atoms with Crippen LogP contribution in [0.3, 0.4) is 0 Å². The van der Waals surface area contributed by atoms with Gasteiger partial charge in [0, 0.05) is 11.6 Å². The predicted molar refractivity (Wildman–Crippen MR) is 82.1 cm³/mol. The molecule has 2 aromatic carbocycles. The Bertz CT molecular complexity index is 805. The number of hydrogen-bond donors (Lipinski definition) is 3. The van der Waals surface area contributed by atoms with Crippen LogP contribution < -0.4 is 0 Å². The van der Waals surface area contributed by atoms with E-state index in [0.29, 0.717) is 17.2 Å². The second kappa shape index (κ2) is 6.57. The Morgan fingerprint density at radius 3 is 2.09 bits per heavy atom. The standard InChI is InChI=1S/C17H12O6/c18-14(9-15(19)17(22)23)11-6-7-12(13(8-11)16(20)21)10-4-2-1-3-5-10/h1-9,18H,(H,20,21)(H,22,23)/b14-9-. The molecular weight excluding hydrogens is 300 g/mol. The van der Waals surface area contributed by atoms with Gasteiger partial charge in [0.25, 0.3) is 5.78 Å². The zero-order chi connectivity index (χ0) is 17.0. The minimum absolute atomic E-state index is 0.0386. The first kappa shape index (κ1) is 16.0. The van der Waals surface area contributed by atoms with Gasteiger partial charge in [-0.05, 0) is 17.2 Å². The molecule has 0 bridgehead atoms. The maximum absolute atomic E-state index is 11.4. The summed E-state index contributed by atoms with van der Waals surface area (Å²) in [6.45, 7) is 0. The van der Waals surface area contributed by atoms with Crippen molar-refractivity contribution in [3.05, 3.63) is 65.7 Å². The first-order valence-electron chi connectivity index (χ1n) is 6.51. The van der Waals surface area contributed by atoms with Crippen molar-refractivity contribution in [3.8, 4) is 11.1 Å². The maximum atomic E-state index is 11.4. The van der Waals surface area contributed by atoms with Gasteiger partial charge in [-0.1, -0.05) is 42.5 Å². The normalized spacial score (nSPS) is 11.0. The average molecular weight is 312 g/mol. The molecule has 3 N–H and O–H groups in total. The molecule has 2 rings (SSSR count). The number of aliphatic hydroxyl groups is 1. The highest BCUT2D eigenvalue weighted by molar-refractivity contribution is 6.38.